The van der Waals surface area contributed by atoms with Gasteiger partial charge in [0.25, 0.3) is 5.79 Å². The molecule has 0 amide bonds. The van der Waals surface area contributed by atoms with Crippen LogP contribution in [0.4, 0.5) is 0 Å². The van der Waals surface area contributed by atoms with Crippen molar-refractivity contribution in [1.82, 2.24) is 0 Å². The Morgan fingerprint density at radius 3 is 2.00 bits per heavy atom. The van der Waals surface area contributed by atoms with Gasteiger partial charge in [0.2, 0.25) is 0 Å². The van der Waals surface area contributed by atoms with Gasteiger partial charge in [-0.25, -0.2) is 9.59 Å². The zero-order valence-corrected chi connectivity index (χ0v) is 22.1. The van der Waals surface area contributed by atoms with Gasteiger partial charge >= 0.3 is 11.9 Å². The highest BCUT2D eigenvalue weighted by molar-refractivity contribution is 5.86. The first kappa shape index (κ1) is 31.1. The van der Waals surface area contributed by atoms with Crippen molar-refractivity contribution in [2.75, 3.05) is 0 Å². The molecule has 10 atom stereocenters. The maximum absolute atomic E-state index is 12.9. The summed E-state index contributed by atoms with van der Waals surface area (Å²) >= 11 is 0. The number of rotatable bonds is 6. The molecular weight excluding hydrogens is 596 g/mol. The van der Waals surface area contributed by atoms with E-state index < -0.39 is 89.6 Å². The standard InChI is InChI=1S/C27H26O17/c28-9-3-1-8(2-4-9)13-7-12(30)15-11(29)5-10(6-14(15)41-13)43-27(23(36)19(34)18(33)22(44-27)26(39)40)24-20(35)16(31)17(32)21(42-24)25(37)38/h1-7,16-24,28-29,31-36H,(H,37,38)(H,39,40). The summed E-state index contributed by atoms with van der Waals surface area (Å²) in [5.74, 6) is -8.45. The lowest BCUT2D eigenvalue weighted by atomic mass is 9.82. The number of aromatic hydroxyl groups is 2. The summed E-state index contributed by atoms with van der Waals surface area (Å²) in [6.07, 6.45) is -21.3. The Hall–Kier alpha value is -4.33. The van der Waals surface area contributed by atoms with Crippen LogP contribution in [0.2, 0.25) is 0 Å². The number of benzene rings is 2. The van der Waals surface area contributed by atoms with Crippen LogP contribution in [0.1, 0.15) is 0 Å². The number of ether oxygens (including phenoxy) is 3. The number of carboxylic acids is 2. The van der Waals surface area contributed by atoms with E-state index in [1.807, 2.05) is 0 Å². The van der Waals surface area contributed by atoms with Crippen LogP contribution in [0.5, 0.6) is 17.2 Å². The minimum absolute atomic E-state index is 0.0420. The fourth-order valence-corrected chi connectivity index (χ4v) is 5.19. The Kier molecular flexibility index (Phi) is 7.99. The largest absolute Gasteiger partial charge is 0.508 e. The van der Waals surface area contributed by atoms with Gasteiger partial charge in [-0.2, -0.15) is 0 Å². The summed E-state index contributed by atoms with van der Waals surface area (Å²) in [6, 6.07) is 8.24. The molecule has 3 heterocycles. The summed E-state index contributed by atoms with van der Waals surface area (Å²) in [5, 5.41) is 103. The van der Waals surface area contributed by atoms with E-state index in [2.05, 4.69) is 0 Å². The van der Waals surface area contributed by atoms with Crippen molar-refractivity contribution in [3.63, 3.8) is 0 Å². The Labute approximate surface area is 244 Å². The molecule has 2 aliphatic rings. The number of carbonyl (C=O) groups is 2. The highest BCUT2D eigenvalue weighted by Crippen LogP contribution is 2.42. The van der Waals surface area contributed by atoms with Crippen molar-refractivity contribution < 1.29 is 79.3 Å². The number of aliphatic hydroxyl groups is 6. The van der Waals surface area contributed by atoms with Crippen LogP contribution in [0.15, 0.2) is 51.7 Å². The van der Waals surface area contributed by atoms with Crippen LogP contribution >= 0.6 is 0 Å². The number of hydrogen-bond acceptors (Lipinski definition) is 15. The summed E-state index contributed by atoms with van der Waals surface area (Å²) in [5.41, 5.74) is -0.767. The molecule has 10 unspecified atom stereocenters. The Bertz CT molecular complexity index is 1640. The molecule has 17 nitrogen and oxygen atoms in total. The molecule has 17 heteroatoms. The van der Waals surface area contributed by atoms with Gasteiger partial charge in [-0.3, -0.25) is 4.79 Å². The van der Waals surface area contributed by atoms with Crippen LogP contribution in [-0.2, 0) is 19.1 Å². The molecule has 236 valence electrons. The van der Waals surface area contributed by atoms with Gasteiger partial charge < -0.3 is 69.7 Å². The summed E-state index contributed by atoms with van der Waals surface area (Å²) < 4.78 is 22.1. The monoisotopic (exact) mass is 622 g/mol. The van der Waals surface area contributed by atoms with Gasteiger partial charge in [0.1, 0.15) is 64.5 Å². The second kappa shape index (κ2) is 11.3. The van der Waals surface area contributed by atoms with Crippen LogP contribution in [0, 0.1) is 0 Å². The van der Waals surface area contributed by atoms with Gasteiger partial charge in [-0.05, 0) is 24.3 Å². The molecule has 0 radical (unpaired) electrons. The quantitative estimate of drug-likeness (QED) is 0.135. The van der Waals surface area contributed by atoms with Gasteiger partial charge in [-0.15, -0.1) is 0 Å². The first-order chi connectivity index (χ1) is 20.7. The second-order valence-electron chi connectivity index (χ2n) is 10.3. The molecule has 44 heavy (non-hydrogen) atoms. The maximum Gasteiger partial charge on any atom is 0.335 e. The van der Waals surface area contributed by atoms with Gasteiger partial charge in [0.15, 0.2) is 29.8 Å². The van der Waals surface area contributed by atoms with Gasteiger partial charge in [-0.1, -0.05) is 0 Å². The summed E-state index contributed by atoms with van der Waals surface area (Å²) in [7, 11) is 0. The van der Waals surface area contributed by atoms with E-state index in [1.165, 1.54) is 24.3 Å². The third-order valence-corrected chi connectivity index (χ3v) is 7.42. The number of phenolic OH excluding ortho intramolecular Hbond substituents is 2. The average molecular weight is 622 g/mol. The van der Waals surface area contributed by atoms with Crippen LogP contribution in [-0.4, -0.2) is 124 Å². The summed E-state index contributed by atoms with van der Waals surface area (Å²) in [4.78, 5) is 36.6. The average Bonchev–Trinajstić information content (AvgIpc) is 2.96. The van der Waals surface area contributed by atoms with Crippen molar-refractivity contribution in [2.24, 2.45) is 0 Å². The topological polar surface area (TPSA) is 294 Å². The highest BCUT2D eigenvalue weighted by atomic mass is 16.8. The molecule has 2 fully saturated rings. The predicted octanol–water partition coefficient (Wildman–Crippen LogP) is -2.55. The zero-order chi connectivity index (χ0) is 32.2. The molecule has 10 N–H and O–H groups in total. The molecule has 0 bridgehead atoms. The van der Waals surface area contributed by atoms with E-state index in [0.29, 0.717) is 5.56 Å². The Morgan fingerprint density at radius 2 is 1.39 bits per heavy atom. The van der Waals surface area contributed by atoms with E-state index in [-0.39, 0.29) is 22.5 Å². The Morgan fingerprint density at radius 1 is 0.773 bits per heavy atom. The molecule has 0 spiro atoms. The van der Waals surface area contributed by atoms with Crippen molar-refractivity contribution in [2.45, 2.75) is 60.7 Å². The van der Waals surface area contributed by atoms with E-state index in [4.69, 9.17) is 18.6 Å². The lowest BCUT2D eigenvalue weighted by Crippen LogP contribution is -2.77. The normalized spacial score (nSPS) is 34.0. The number of carboxylic acid groups (broad SMARTS) is 2. The van der Waals surface area contributed by atoms with Crippen LogP contribution in [0.3, 0.4) is 0 Å². The van der Waals surface area contributed by atoms with Crippen molar-refractivity contribution in [3.05, 3.63) is 52.7 Å². The second-order valence-corrected chi connectivity index (χ2v) is 10.3. The molecule has 0 saturated carbocycles. The van der Waals surface area contributed by atoms with Crippen molar-refractivity contribution >= 4 is 22.9 Å². The molecular formula is C27H26O17. The smallest absolute Gasteiger partial charge is 0.335 e. The number of hydrogen-bond donors (Lipinski definition) is 10. The lowest BCUT2D eigenvalue weighted by Gasteiger charge is -2.53. The SMILES string of the molecule is O=C(O)C1OC(C2(Oc3cc(O)c4c(=O)cc(-c5ccc(O)cc5)oc4c3)OC(C(=O)O)C(O)C(O)C2O)C(O)C(O)C1O. The third kappa shape index (κ3) is 5.10. The number of aliphatic hydroxyl groups excluding tert-OH is 6. The maximum atomic E-state index is 12.9. The van der Waals surface area contributed by atoms with E-state index >= 15 is 0 Å². The minimum Gasteiger partial charge on any atom is -0.508 e. The molecule has 1 aromatic heterocycles. The zero-order valence-electron chi connectivity index (χ0n) is 22.1. The van der Waals surface area contributed by atoms with E-state index in [1.54, 1.807) is 0 Å². The first-order valence-electron chi connectivity index (χ1n) is 12.8. The summed E-state index contributed by atoms with van der Waals surface area (Å²) in [6.45, 7) is 0. The minimum atomic E-state index is -3.18. The molecule has 2 aromatic carbocycles. The number of fused-ring (bicyclic) bond motifs is 1. The van der Waals surface area contributed by atoms with E-state index in [9.17, 15) is 65.4 Å². The predicted molar refractivity (Wildman–Crippen MR) is 139 cm³/mol. The molecule has 3 aromatic rings. The van der Waals surface area contributed by atoms with Crippen molar-refractivity contribution in [1.29, 1.82) is 0 Å². The van der Waals surface area contributed by atoms with Crippen molar-refractivity contribution in [3.8, 4) is 28.6 Å². The molecule has 0 aliphatic carbocycles. The van der Waals surface area contributed by atoms with Gasteiger partial charge in [0, 0.05) is 23.8 Å². The molecule has 2 aliphatic heterocycles. The third-order valence-electron chi connectivity index (χ3n) is 7.42. The fourth-order valence-electron chi connectivity index (χ4n) is 5.19. The van der Waals surface area contributed by atoms with E-state index in [0.717, 1.165) is 18.2 Å². The van der Waals surface area contributed by atoms with Crippen LogP contribution < -0.4 is 10.2 Å². The lowest BCUT2D eigenvalue weighted by molar-refractivity contribution is -0.387. The highest BCUT2D eigenvalue weighted by Gasteiger charge is 2.66. The van der Waals surface area contributed by atoms with Crippen LogP contribution in [0.25, 0.3) is 22.3 Å². The number of aliphatic carboxylic acids is 2. The number of phenols is 2. The fraction of sp³-hybridized carbons (Fsp3) is 0.370. The molecule has 2 saturated heterocycles. The van der Waals surface area contributed by atoms with Gasteiger partial charge in [0.05, 0.1) is 0 Å². The first-order valence-corrected chi connectivity index (χ1v) is 12.8. The molecule has 5 rings (SSSR count). The Balaban J connectivity index is 1.67.